The van der Waals surface area contributed by atoms with Crippen LogP contribution in [-0.2, 0) is 44.7 Å². The van der Waals surface area contributed by atoms with Gasteiger partial charge in [-0.3, -0.25) is 14.6 Å². The summed E-state index contributed by atoms with van der Waals surface area (Å²) in [6, 6.07) is 6.79. The Balaban J connectivity index is 0.000000218. The van der Waals surface area contributed by atoms with Gasteiger partial charge in [0.05, 0.1) is 30.1 Å². The number of esters is 2. The minimum Gasteiger partial charge on any atom is -0.490 e. The molecule has 2 N–H and O–H groups in total. The van der Waals surface area contributed by atoms with Crippen molar-refractivity contribution in [2.75, 3.05) is 63.4 Å². The van der Waals surface area contributed by atoms with Crippen molar-refractivity contribution in [1.29, 1.82) is 0 Å². The average molecular weight is 872 g/mol. The van der Waals surface area contributed by atoms with Crippen LogP contribution in [0.3, 0.4) is 0 Å². The molecule has 0 saturated heterocycles. The molecule has 2 aliphatic carbocycles. The van der Waals surface area contributed by atoms with Gasteiger partial charge in [-0.05, 0) is 104 Å². The first-order valence-electron chi connectivity index (χ1n) is 19.8. The van der Waals surface area contributed by atoms with Gasteiger partial charge < -0.3 is 39.0 Å². The largest absolute Gasteiger partial charge is 0.490 e. The standard InChI is InChI=1S/C21H28N4O4.C12H16ClN3O2.C9H12ClNO2/c1-5-28-18(26)12-25(4)20-15-7-6-8-16(15)23-19(24-20)17-11-14(9-10-22-17)29-13-21(2,3)27;1-3-18-10(17)7-16(2)11-8-5-4-6-9(8)14-12(13)15-11;1-9(2,12)6-13-7-3-4-11-8(10)5-7/h9-11,27H,5-8,12-13H2,1-4H3;3-7H2,1-2H3;3-5,12H,6H2,1-2H3. The van der Waals surface area contributed by atoms with E-state index in [1.807, 2.05) is 19.0 Å². The number of anilines is 2. The summed E-state index contributed by atoms with van der Waals surface area (Å²) in [6.07, 6.45) is 8.89. The number of halogens is 2. The van der Waals surface area contributed by atoms with E-state index in [1.165, 1.54) is 0 Å². The van der Waals surface area contributed by atoms with Gasteiger partial charge in [-0.15, -0.1) is 0 Å². The first-order valence-corrected chi connectivity index (χ1v) is 20.6. The van der Waals surface area contributed by atoms with Crippen LogP contribution < -0.4 is 19.3 Å². The molecule has 2 aliphatic rings. The van der Waals surface area contributed by atoms with Crippen LogP contribution >= 0.6 is 23.2 Å². The summed E-state index contributed by atoms with van der Waals surface area (Å²) < 4.78 is 20.9. The molecule has 0 spiro atoms. The quantitative estimate of drug-likeness (QED) is 0.0841. The lowest BCUT2D eigenvalue weighted by Crippen LogP contribution is -2.29. The number of carbonyl (C=O) groups is 2. The number of nitrogens with zero attached hydrogens (tertiary/aromatic N) is 8. The molecular weight excluding hydrogens is 815 g/mol. The third-order valence-corrected chi connectivity index (χ3v) is 9.08. The van der Waals surface area contributed by atoms with Crippen molar-refractivity contribution < 1.29 is 38.7 Å². The molecule has 4 aromatic heterocycles. The normalized spacial score (nSPS) is 12.8. The van der Waals surface area contributed by atoms with Crippen LogP contribution in [0.25, 0.3) is 11.5 Å². The SMILES string of the molecule is CC(C)(O)COc1ccnc(Cl)c1.CCOC(=O)CN(C)c1nc(-c2cc(OCC(C)(C)O)ccn2)nc2c1CCC2.CCOC(=O)CN(C)c1nc(Cl)nc2c1CCC2. The lowest BCUT2D eigenvalue weighted by atomic mass is 10.2. The Labute approximate surface area is 361 Å². The van der Waals surface area contributed by atoms with Crippen molar-refractivity contribution in [2.24, 2.45) is 0 Å². The van der Waals surface area contributed by atoms with Gasteiger partial charge in [0.1, 0.15) is 60.3 Å². The van der Waals surface area contributed by atoms with Gasteiger partial charge >= 0.3 is 11.9 Å². The van der Waals surface area contributed by atoms with Crippen LogP contribution in [0.4, 0.5) is 11.6 Å². The second-order valence-corrected chi connectivity index (χ2v) is 16.2. The molecule has 0 atom stereocenters. The topological polar surface area (TPSA) is 195 Å². The monoisotopic (exact) mass is 870 g/mol. The second-order valence-electron chi connectivity index (χ2n) is 15.5. The summed E-state index contributed by atoms with van der Waals surface area (Å²) in [5.41, 5.74) is 2.98. The van der Waals surface area contributed by atoms with Gasteiger partial charge in [-0.2, -0.15) is 0 Å². The van der Waals surface area contributed by atoms with Crippen molar-refractivity contribution in [3.05, 3.63) is 69.6 Å². The maximum atomic E-state index is 11.9. The molecule has 4 heterocycles. The summed E-state index contributed by atoms with van der Waals surface area (Å²) in [7, 11) is 3.64. The highest BCUT2D eigenvalue weighted by Gasteiger charge is 2.25. The summed E-state index contributed by atoms with van der Waals surface area (Å²) in [5.74, 6) is 2.62. The highest BCUT2D eigenvalue weighted by Crippen LogP contribution is 2.32. The summed E-state index contributed by atoms with van der Waals surface area (Å²) in [5, 5.41) is 19.9. The third kappa shape index (κ3) is 15.3. The second kappa shape index (κ2) is 22.1. The van der Waals surface area contributed by atoms with Crippen LogP contribution in [0, 0.1) is 0 Å². The molecule has 4 aromatic rings. The third-order valence-electron chi connectivity index (χ3n) is 8.70. The van der Waals surface area contributed by atoms with E-state index < -0.39 is 11.2 Å². The lowest BCUT2D eigenvalue weighted by molar-refractivity contribution is -0.142. The number of ether oxygens (including phenoxy) is 4. The predicted molar refractivity (Wildman–Crippen MR) is 229 cm³/mol. The van der Waals surface area contributed by atoms with Gasteiger partial charge in [0, 0.05) is 55.4 Å². The van der Waals surface area contributed by atoms with Gasteiger partial charge in [-0.25, -0.2) is 24.9 Å². The van der Waals surface area contributed by atoms with E-state index in [4.69, 9.17) is 52.1 Å². The molecule has 326 valence electrons. The van der Waals surface area contributed by atoms with E-state index in [2.05, 4.69) is 19.9 Å². The van der Waals surface area contributed by atoms with Gasteiger partial charge in [0.2, 0.25) is 5.28 Å². The number of aliphatic hydroxyl groups is 2. The summed E-state index contributed by atoms with van der Waals surface area (Å²) >= 11 is 11.5. The number of carbonyl (C=O) groups excluding carboxylic acids is 2. The molecular formula is C42H56Cl2N8O8. The van der Waals surface area contributed by atoms with Crippen LogP contribution in [-0.4, -0.2) is 117 Å². The van der Waals surface area contributed by atoms with Gasteiger partial charge in [0.15, 0.2) is 5.82 Å². The van der Waals surface area contributed by atoms with E-state index in [0.717, 1.165) is 72.7 Å². The van der Waals surface area contributed by atoms with Crippen LogP contribution in [0.1, 0.15) is 76.9 Å². The van der Waals surface area contributed by atoms with E-state index in [9.17, 15) is 19.8 Å². The Morgan fingerprint density at radius 3 is 1.68 bits per heavy atom. The van der Waals surface area contributed by atoms with Gasteiger partial charge in [0.25, 0.3) is 0 Å². The Morgan fingerprint density at radius 1 is 0.700 bits per heavy atom. The molecule has 0 amide bonds. The van der Waals surface area contributed by atoms with E-state index in [0.29, 0.717) is 41.4 Å². The Bertz CT molecular complexity index is 2060. The van der Waals surface area contributed by atoms with Crippen LogP contribution in [0.15, 0.2) is 36.7 Å². The van der Waals surface area contributed by atoms with Crippen molar-refractivity contribution in [3.63, 3.8) is 0 Å². The number of pyridine rings is 2. The molecule has 0 fully saturated rings. The Kier molecular flexibility index (Phi) is 17.6. The fourth-order valence-electron chi connectivity index (χ4n) is 6.11. The minimum absolute atomic E-state index is 0.124. The number of hydrogen-bond acceptors (Lipinski definition) is 16. The summed E-state index contributed by atoms with van der Waals surface area (Å²) in [4.78, 5) is 53.1. The number of hydrogen-bond donors (Lipinski definition) is 2. The number of aryl methyl sites for hydroxylation is 2. The fraction of sp³-hybridized carbons (Fsp3) is 0.524. The molecule has 0 unspecified atom stereocenters. The zero-order chi connectivity index (χ0) is 44.0. The van der Waals surface area contributed by atoms with Gasteiger partial charge in [-0.1, -0.05) is 11.6 Å². The van der Waals surface area contributed by atoms with Crippen molar-refractivity contribution in [3.8, 4) is 23.0 Å². The molecule has 0 aliphatic heterocycles. The van der Waals surface area contributed by atoms with E-state index >= 15 is 0 Å². The molecule has 0 aromatic carbocycles. The molecule has 0 saturated carbocycles. The average Bonchev–Trinajstić information content (AvgIpc) is 3.86. The van der Waals surface area contributed by atoms with Crippen molar-refractivity contribution in [1.82, 2.24) is 29.9 Å². The summed E-state index contributed by atoms with van der Waals surface area (Å²) in [6.45, 7) is 11.7. The molecule has 60 heavy (non-hydrogen) atoms. The molecule has 0 bridgehead atoms. The lowest BCUT2D eigenvalue weighted by Gasteiger charge is -2.21. The van der Waals surface area contributed by atoms with Crippen molar-refractivity contribution in [2.45, 2.75) is 91.3 Å². The number of likely N-dealkylation sites (N-methyl/N-ethyl adjacent to an activating group) is 2. The highest BCUT2D eigenvalue weighted by atomic mass is 35.5. The first-order chi connectivity index (χ1) is 28.3. The zero-order valence-electron chi connectivity index (χ0n) is 35.6. The molecule has 0 radical (unpaired) electrons. The van der Waals surface area contributed by atoms with Crippen molar-refractivity contribution >= 4 is 46.8 Å². The maximum absolute atomic E-state index is 11.9. The number of aromatic nitrogens is 6. The fourth-order valence-corrected chi connectivity index (χ4v) is 6.46. The van der Waals surface area contributed by atoms with Crippen LogP contribution in [0.2, 0.25) is 10.4 Å². The highest BCUT2D eigenvalue weighted by molar-refractivity contribution is 6.29. The molecule has 18 heteroatoms. The smallest absolute Gasteiger partial charge is 0.325 e. The Morgan fingerprint density at radius 2 is 1.18 bits per heavy atom. The number of rotatable bonds is 15. The molecule has 6 rings (SSSR count). The minimum atomic E-state index is -0.934. The zero-order valence-corrected chi connectivity index (χ0v) is 37.1. The van der Waals surface area contributed by atoms with E-state index in [1.54, 1.807) is 83.1 Å². The maximum Gasteiger partial charge on any atom is 0.325 e. The predicted octanol–water partition coefficient (Wildman–Crippen LogP) is 5.68. The first kappa shape index (κ1) is 47.8. The van der Waals surface area contributed by atoms with E-state index in [-0.39, 0.29) is 43.5 Å². The Hall–Kier alpha value is -4.90. The van der Waals surface area contributed by atoms with Crippen LogP contribution in [0.5, 0.6) is 11.5 Å². The number of fused-ring (bicyclic) bond motifs is 2. The molecule has 16 nitrogen and oxygen atoms in total.